The molecule has 0 aromatic heterocycles. The smallest absolute Gasteiger partial charge is 0.315 e. The second kappa shape index (κ2) is 7.75. The first kappa shape index (κ1) is 16.3. The molecule has 0 fully saturated rings. The van der Waals surface area contributed by atoms with Crippen molar-refractivity contribution in [2.24, 2.45) is 5.92 Å². The van der Waals surface area contributed by atoms with E-state index < -0.39 is 18.0 Å². The van der Waals surface area contributed by atoms with E-state index in [-0.39, 0.29) is 12.5 Å². The van der Waals surface area contributed by atoms with Gasteiger partial charge in [0.25, 0.3) is 0 Å². The molecule has 6 heteroatoms. The second-order valence-corrected chi connectivity index (χ2v) is 5.01. The molecule has 0 bridgehead atoms. The van der Waals surface area contributed by atoms with Gasteiger partial charge in [0.2, 0.25) is 0 Å². The molecule has 0 saturated heterocycles. The molecule has 0 aliphatic carbocycles. The first-order valence-corrected chi connectivity index (χ1v) is 6.82. The number of carbonyl (C=O) groups excluding carboxylic acids is 2. The Morgan fingerprint density at radius 1 is 1.35 bits per heavy atom. The van der Waals surface area contributed by atoms with E-state index in [1.807, 2.05) is 13.0 Å². The summed E-state index contributed by atoms with van der Waals surface area (Å²) in [6.45, 7) is 3.82. The predicted molar refractivity (Wildman–Crippen MR) is 75.1 cm³/mol. The summed E-state index contributed by atoms with van der Waals surface area (Å²) in [6, 6.07) is 5.54. The number of aliphatic carboxylic acids is 1. The van der Waals surface area contributed by atoms with E-state index in [4.69, 9.17) is 11.6 Å². The molecule has 0 saturated carbocycles. The zero-order valence-electron chi connectivity index (χ0n) is 11.5. The van der Waals surface area contributed by atoms with Crippen molar-refractivity contribution in [3.63, 3.8) is 0 Å². The number of carboxylic acids is 1. The summed E-state index contributed by atoms with van der Waals surface area (Å²) in [6.07, 6.45) is 0.628. The number of benzene rings is 1. The molecule has 20 heavy (non-hydrogen) atoms. The lowest BCUT2D eigenvalue weighted by Gasteiger charge is -2.25. The fourth-order valence-corrected chi connectivity index (χ4v) is 1.88. The highest BCUT2D eigenvalue weighted by molar-refractivity contribution is 6.31. The van der Waals surface area contributed by atoms with Gasteiger partial charge >= 0.3 is 6.03 Å². The summed E-state index contributed by atoms with van der Waals surface area (Å²) < 4.78 is 0. The van der Waals surface area contributed by atoms with Crippen LogP contribution < -0.4 is 15.7 Å². The Morgan fingerprint density at radius 2 is 2.00 bits per heavy atom. The Morgan fingerprint density at radius 3 is 2.55 bits per heavy atom. The highest BCUT2D eigenvalue weighted by atomic mass is 35.5. The van der Waals surface area contributed by atoms with E-state index in [2.05, 4.69) is 10.6 Å². The van der Waals surface area contributed by atoms with Gasteiger partial charge in [-0.2, -0.15) is 0 Å². The van der Waals surface area contributed by atoms with E-state index in [1.54, 1.807) is 25.1 Å². The van der Waals surface area contributed by atoms with Gasteiger partial charge in [-0.3, -0.25) is 0 Å². The van der Waals surface area contributed by atoms with Crippen molar-refractivity contribution in [3.05, 3.63) is 34.9 Å². The third kappa shape index (κ3) is 4.74. The van der Waals surface area contributed by atoms with Crippen molar-refractivity contribution in [2.45, 2.75) is 32.9 Å². The fourth-order valence-electron chi connectivity index (χ4n) is 1.68. The van der Waals surface area contributed by atoms with Gasteiger partial charge in [-0.05, 0) is 17.5 Å². The summed E-state index contributed by atoms with van der Waals surface area (Å²) in [4.78, 5) is 22.7. The summed E-state index contributed by atoms with van der Waals surface area (Å²) >= 11 is 5.96. The molecular weight excluding hydrogens is 280 g/mol. The van der Waals surface area contributed by atoms with Crippen LogP contribution in [0.2, 0.25) is 5.02 Å². The number of amides is 2. The minimum absolute atomic E-state index is 0.203. The van der Waals surface area contributed by atoms with Crippen molar-refractivity contribution in [3.8, 4) is 0 Å². The molecular formula is C14H18ClN2O3-. The fraction of sp³-hybridized carbons (Fsp3) is 0.429. The van der Waals surface area contributed by atoms with Gasteiger partial charge in [0.05, 0.1) is 12.0 Å². The van der Waals surface area contributed by atoms with Crippen molar-refractivity contribution in [2.75, 3.05) is 0 Å². The van der Waals surface area contributed by atoms with Gasteiger partial charge in [-0.1, -0.05) is 50.1 Å². The van der Waals surface area contributed by atoms with Gasteiger partial charge in [0.15, 0.2) is 0 Å². The van der Waals surface area contributed by atoms with Gasteiger partial charge < -0.3 is 20.5 Å². The van der Waals surface area contributed by atoms with Crippen LogP contribution in [-0.4, -0.2) is 18.0 Å². The molecule has 0 heterocycles. The van der Waals surface area contributed by atoms with E-state index in [9.17, 15) is 14.7 Å². The van der Waals surface area contributed by atoms with E-state index in [0.29, 0.717) is 11.4 Å². The molecule has 0 radical (unpaired) electrons. The minimum atomic E-state index is -1.28. The van der Waals surface area contributed by atoms with Crippen LogP contribution in [0.25, 0.3) is 0 Å². The Labute approximate surface area is 123 Å². The normalized spacial score (nSPS) is 13.3. The molecule has 0 unspecified atom stereocenters. The summed E-state index contributed by atoms with van der Waals surface area (Å²) in [5.41, 5.74) is 0.762. The van der Waals surface area contributed by atoms with Crippen LogP contribution in [0.4, 0.5) is 4.79 Å². The largest absolute Gasteiger partial charge is 0.548 e. The SMILES string of the molecule is CC[C@@H](C)[C@H](NC(=O)NCc1ccccc1Cl)C(=O)[O-]. The van der Waals surface area contributed by atoms with Crippen molar-refractivity contribution in [1.29, 1.82) is 0 Å². The number of hydrogen-bond acceptors (Lipinski definition) is 3. The Hall–Kier alpha value is -1.75. The number of carboxylic acid groups (broad SMARTS) is 1. The standard InChI is InChI=1S/C14H19ClN2O3/c1-3-9(2)12(13(18)19)17-14(20)16-8-10-6-4-5-7-11(10)15/h4-7,9,12H,3,8H2,1-2H3,(H,18,19)(H2,16,17,20)/p-1/t9-,12+/m1/s1. The number of hydrogen-bond donors (Lipinski definition) is 2. The third-order valence-corrected chi connectivity index (χ3v) is 3.52. The quantitative estimate of drug-likeness (QED) is 0.830. The molecule has 110 valence electrons. The van der Waals surface area contributed by atoms with Crippen molar-refractivity contribution in [1.82, 2.24) is 10.6 Å². The monoisotopic (exact) mass is 297 g/mol. The Bertz CT molecular complexity index is 479. The first-order valence-electron chi connectivity index (χ1n) is 6.44. The average Bonchev–Trinajstić information content (AvgIpc) is 2.42. The van der Waals surface area contributed by atoms with Crippen molar-refractivity contribution < 1.29 is 14.7 Å². The van der Waals surface area contributed by atoms with E-state index >= 15 is 0 Å². The third-order valence-electron chi connectivity index (χ3n) is 3.15. The molecule has 1 aromatic rings. The lowest BCUT2D eigenvalue weighted by Crippen LogP contribution is -2.53. The van der Waals surface area contributed by atoms with Gasteiger partial charge in [0.1, 0.15) is 0 Å². The molecule has 0 spiro atoms. The molecule has 2 atom stereocenters. The van der Waals surface area contributed by atoms with Crippen molar-refractivity contribution >= 4 is 23.6 Å². The van der Waals surface area contributed by atoms with Crippen LogP contribution in [0.15, 0.2) is 24.3 Å². The van der Waals surface area contributed by atoms with Gasteiger partial charge in [-0.15, -0.1) is 0 Å². The molecule has 1 rings (SSSR count). The lowest BCUT2D eigenvalue weighted by atomic mass is 9.99. The molecule has 0 aliphatic heterocycles. The highest BCUT2D eigenvalue weighted by Gasteiger charge is 2.19. The van der Waals surface area contributed by atoms with E-state index in [0.717, 1.165) is 5.56 Å². The minimum Gasteiger partial charge on any atom is -0.548 e. The van der Waals surface area contributed by atoms with Gasteiger partial charge in [-0.25, -0.2) is 4.79 Å². The number of nitrogens with one attached hydrogen (secondary N) is 2. The maximum absolute atomic E-state index is 11.7. The zero-order chi connectivity index (χ0) is 15.1. The maximum atomic E-state index is 11.7. The number of carbonyl (C=O) groups is 2. The maximum Gasteiger partial charge on any atom is 0.315 e. The van der Waals surface area contributed by atoms with Crippen LogP contribution in [0.5, 0.6) is 0 Å². The topological polar surface area (TPSA) is 81.3 Å². The average molecular weight is 298 g/mol. The van der Waals surface area contributed by atoms with Crippen LogP contribution in [0.1, 0.15) is 25.8 Å². The zero-order valence-corrected chi connectivity index (χ0v) is 12.2. The summed E-state index contributed by atoms with van der Waals surface area (Å²) in [7, 11) is 0. The Kier molecular flexibility index (Phi) is 6.31. The lowest BCUT2D eigenvalue weighted by molar-refractivity contribution is -0.309. The molecule has 5 nitrogen and oxygen atoms in total. The molecule has 0 aliphatic rings. The first-order chi connectivity index (χ1) is 9.45. The van der Waals surface area contributed by atoms with E-state index in [1.165, 1.54) is 0 Å². The summed E-state index contributed by atoms with van der Waals surface area (Å²) in [5.74, 6) is -1.49. The van der Waals surface area contributed by atoms with Crippen LogP contribution in [-0.2, 0) is 11.3 Å². The second-order valence-electron chi connectivity index (χ2n) is 4.60. The molecule has 2 amide bonds. The van der Waals surface area contributed by atoms with Crippen LogP contribution in [0.3, 0.4) is 0 Å². The Balaban J connectivity index is 2.55. The van der Waals surface area contributed by atoms with Crippen LogP contribution >= 0.6 is 11.6 Å². The number of urea groups is 1. The predicted octanol–water partition coefficient (Wildman–Crippen LogP) is 1.30. The van der Waals surface area contributed by atoms with Crippen LogP contribution in [0, 0.1) is 5.92 Å². The molecule has 2 N–H and O–H groups in total. The van der Waals surface area contributed by atoms with Gasteiger partial charge in [0, 0.05) is 11.6 Å². The summed E-state index contributed by atoms with van der Waals surface area (Å²) in [5, 5.41) is 16.5. The highest BCUT2D eigenvalue weighted by Crippen LogP contribution is 2.14. The number of halogens is 1. The molecule has 1 aromatic carbocycles. The number of rotatable bonds is 6.